The minimum absolute atomic E-state index is 0.0863. The number of hydrogen-bond donors (Lipinski definition) is 1. The molecule has 1 aromatic heterocycles. The summed E-state index contributed by atoms with van der Waals surface area (Å²) in [5.74, 6) is 0.623. The molecule has 0 atom stereocenters. The average Bonchev–Trinajstić information content (AvgIpc) is 3.20. The van der Waals surface area contributed by atoms with E-state index in [1.807, 2.05) is 61.5 Å². The van der Waals surface area contributed by atoms with Crippen LogP contribution in [0.1, 0.15) is 53.8 Å². The second kappa shape index (κ2) is 7.31. The highest BCUT2D eigenvalue weighted by molar-refractivity contribution is 5.94. The van der Waals surface area contributed by atoms with Gasteiger partial charge in [-0.2, -0.15) is 4.68 Å². The summed E-state index contributed by atoms with van der Waals surface area (Å²) in [6.07, 6.45) is 4.90. The van der Waals surface area contributed by atoms with Crippen LogP contribution in [0.25, 0.3) is 5.69 Å². The molecule has 0 saturated heterocycles. The Labute approximate surface area is 158 Å². The first-order valence-corrected chi connectivity index (χ1v) is 9.42. The molecule has 6 heteroatoms. The Hall–Kier alpha value is -3.02. The van der Waals surface area contributed by atoms with Crippen LogP contribution in [0.3, 0.4) is 0 Å². The highest BCUT2D eigenvalue weighted by Crippen LogP contribution is 2.37. The predicted octanol–water partition coefficient (Wildman–Crippen LogP) is 3.56. The zero-order chi connectivity index (χ0) is 18.7. The third-order valence-electron chi connectivity index (χ3n) is 5.34. The molecule has 3 aromatic rings. The molecule has 1 saturated carbocycles. The van der Waals surface area contributed by atoms with Crippen LogP contribution in [-0.2, 0) is 5.54 Å². The number of benzene rings is 2. The van der Waals surface area contributed by atoms with Gasteiger partial charge in [-0.3, -0.25) is 4.79 Å². The van der Waals surface area contributed by atoms with Gasteiger partial charge in [-0.25, -0.2) is 0 Å². The quantitative estimate of drug-likeness (QED) is 0.771. The number of carbonyl (C=O) groups excluding carboxylic acids is 1. The van der Waals surface area contributed by atoms with Gasteiger partial charge >= 0.3 is 0 Å². The maximum absolute atomic E-state index is 12.9. The highest BCUT2D eigenvalue weighted by atomic mass is 16.1. The number of amides is 1. The monoisotopic (exact) mass is 361 g/mol. The van der Waals surface area contributed by atoms with Gasteiger partial charge < -0.3 is 5.32 Å². The van der Waals surface area contributed by atoms with E-state index in [0.29, 0.717) is 11.4 Å². The van der Waals surface area contributed by atoms with Gasteiger partial charge in [0.15, 0.2) is 5.82 Å². The number of aryl methyl sites for hydroxylation is 1. The first kappa shape index (κ1) is 17.4. The Morgan fingerprint density at radius 3 is 2.44 bits per heavy atom. The predicted molar refractivity (Wildman–Crippen MR) is 103 cm³/mol. The number of aromatic nitrogens is 4. The van der Waals surface area contributed by atoms with Crippen molar-refractivity contribution in [3.05, 3.63) is 71.5 Å². The fourth-order valence-electron chi connectivity index (χ4n) is 3.89. The average molecular weight is 361 g/mol. The molecule has 0 radical (unpaired) electrons. The van der Waals surface area contributed by atoms with Gasteiger partial charge in [0.25, 0.3) is 5.91 Å². The van der Waals surface area contributed by atoms with Crippen molar-refractivity contribution in [1.82, 2.24) is 25.5 Å². The molecule has 1 heterocycles. The summed E-state index contributed by atoms with van der Waals surface area (Å²) in [7, 11) is 0. The van der Waals surface area contributed by atoms with E-state index < -0.39 is 5.54 Å². The fourth-order valence-corrected chi connectivity index (χ4v) is 3.89. The zero-order valence-electron chi connectivity index (χ0n) is 15.4. The van der Waals surface area contributed by atoms with E-state index in [1.54, 1.807) is 4.68 Å². The van der Waals surface area contributed by atoms with Gasteiger partial charge in [0.1, 0.15) is 5.54 Å². The number of nitrogens with zero attached hydrogens (tertiary/aromatic N) is 4. The van der Waals surface area contributed by atoms with Gasteiger partial charge in [-0.05, 0) is 54.0 Å². The van der Waals surface area contributed by atoms with Crippen LogP contribution < -0.4 is 5.32 Å². The molecule has 1 fully saturated rings. The van der Waals surface area contributed by atoms with Gasteiger partial charge in [0.05, 0.1) is 5.69 Å². The lowest BCUT2D eigenvalue weighted by Crippen LogP contribution is -2.49. The SMILES string of the molecule is Cc1ccccc1-n1nnnc1C1(NC(=O)c2ccccc2)CCCCC1. The van der Waals surface area contributed by atoms with Gasteiger partial charge in [0.2, 0.25) is 0 Å². The van der Waals surface area contributed by atoms with E-state index in [-0.39, 0.29) is 5.91 Å². The molecule has 4 rings (SSSR count). The lowest BCUT2D eigenvalue weighted by Gasteiger charge is -2.36. The molecule has 0 spiro atoms. The van der Waals surface area contributed by atoms with Crippen LogP contribution in [0.2, 0.25) is 0 Å². The maximum Gasteiger partial charge on any atom is 0.252 e. The first-order chi connectivity index (χ1) is 13.2. The van der Waals surface area contributed by atoms with E-state index in [2.05, 4.69) is 20.8 Å². The molecule has 0 aliphatic heterocycles. The molecule has 1 aliphatic carbocycles. The Kier molecular flexibility index (Phi) is 4.71. The van der Waals surface area contributed by atoms with Crippen molar-refractivity contribution < 1.29 is 4.79 Å². The minimum atomic E-state index is -0.559. The summed E-state index contributed by atoms with van der Waals surface area (Å²) in [4.78, 5) is 12.9. The third kappa shape index (κ3) is 3.35. The summed E-state index contributed by atoms with van der Waals surface area (Å²) in [6.45, 7) is 2.04. The molecule has 0 bridgehead atoms. The Morgan fingerprint density at radius 1 is 1.00 bits per heavy atom. The molecule has 2 aromatic carbocycles. The van der Waals surface area contributed by atoms with E-state index in [4.69, 9.17) is 0 Å². The molecule has 1 amide bonds. The van der Waals surface area contributed by atoms with Crippen molar-refractivity contribution in [2.45, 2.75) is 44.6 Å². The summed E-state index contributed by atoms with van der Waals surface area (Å²) >= 11 is 0. The molecule has 6 nitrogen and oxygen atoms in total. The molecule has 1 aliphatic rings. The van der Waals surface area contributed by atoms with Crippen molar-refractivity contribution in [3.8, 4) is 5.69 Å². The van der Waals surface area contributed by atoms with Gasteiger partial charge in [-0.15, -0.1) is 5.10 Å². The number of hydrogen-bond acceptors (Lipinski definition) is 4. The molecular weight excluding hydrogens is 338 g/mol. The third-order valence-corrected chi connectivity index (χ3v) is 5.34. The van der Waals surface area contributed by atoms with Crippen LogP contribution >= 0.6 is 0 Å². The van der Waals surface area contributed by atoms with Crippen LogP contribution in [0, 0.1) is 6.92 Å². The molecule has 1 N–H and O–H groups in total. The van der Waals surface area contributed by atoms with E-state index in [0.717, 1.165) is 43.4 Å². The lowest BCUT2D eigenvalue weighted by molar-refractivity contribution is 0.0855. The van der Waals surface area contributed by atoms with E-state index in [9.17, 15) is 4.79 Å². The number of para-hydroxylation sites is 1. The Bertz CT molecular complexity index is 929. The summed E-state index contributed by atoms with van der Waals surface area (Å²) in [6, 6.07) is 17.3. The molecule has 0 unspecified atom stereocenters. The number of nitrogens with one attached hydrogen (secondary N) is 1. The molecule has 138 valence electrons. The summed E-state index contributed by atoms with van der Waals surface area (Å²) in [5.41, 5.74) is 2.12. The number of rotatable bonds is 4. The molecular formula is C21H23N5O. The standard InChI is InChI=1S/C21H23N5O/c1-16-10-6-7-13-18(16)26-20(23-24-25-26)21(14-8-3-9-15-21)22-19(27)17-11-4-2-5-12-17/h2,4-7,10-13H,3,8-9,14-15H2,1H3,(H,22,27). The van der Waals surface area contributed by atoms with Gasteiger partial charge in [0, 0.05) is 5.56 Å². The van der Waals surface area contributed by atoms with Crippen molar-refractivity contribution in [1.29, 1.82) is 0 Å². The first-order valence-electron chi connectivity index (χ1n) is 9.42. The van der Waals surface area contributed by atoms with Crippen molar-refractivity contribution in [2.75, 3.05) is 0 Å². The summed E-state index contributed by atoms with van der Waals surface area (Å²) in [5, 5.41) is 15.8. The lowest BCUT2D eigenvalue weighted by atomic mass is 9.80. The van der Waals surface area contributed by atoms with Crippen molar-refractivity contribution in [2.24, 2.45) is 0 Å². The van der Waals surface area contributed by atoms with E-state index in [1.165, 1.54) is 0 Å². The highest BCUT2D eigenvalue weighted by Gasteiger charge is 2.40. The maximum atomic E-state index is 12.9. The van der Waals surface area contributed by atoms with Crippen molar-refractivity contribution in [3.63, 3.8) is 0 Å². The smallest absolute Gasteiger partial charge is 0.252 e. The minimum Gasteiger partial charge on any atom is -0.339 e. The fraction of sp³-hybridized carbons (Fsp3) is 0.333. The van der Waals surface area contributed by atoms with Crippen LogP contribution in [0.5, 0.6) is 0 Å². The van der Waals surface area contributed by atoms with Crippen LogP contribution in [-0.4, -0.2) is 26.1 Å². The largest absolute Gasteiger partial charge is 0.339 e. The molecule has 27 heavy (non-hydrogen) atoms. The zero-order valence-corrected chi connectivity index (χ0v) is 15.4. The number of tetrazole rings is 1. The van der Waals surface area contributed by atoms with Crippen molar-refractivity contribution >= 4 is 5.91 Å². The topological polar surface area (TPSA) is 72.7 Å². The van der Waals surface area contributed by atoms with E-state index >= 15 is 0 Å². The van der Waals surface area contributed by atoms with Gasteiger partial charge in [-0.1, -0.05) is 55.7 Å². The summed E-state index contributed by atoms with van der Waals surface area (Å²) < 4.78 is 1.78. The normalized spacial score (nSPS) is 16.0. The Morgan fingerprint density at radius 2 is 1.70 bits per heavy atom. The van der Waals surface area contributed by atoms with Crippen LogP contribution in [0.15, 0.2) is 54.6 Å². The second-order valence-corrected chi connectivity index (χ2v) is 7.16. The second-order valence-electron chi connectivity index (χ2n) is 7.16. The van der Waals surface area contributed by atoms with Crippen LogP contribution in [0.4, 0.5) is 0 Å². The Balaban J connectivity index is 1.75. The number of carbonyl (C=O) groups is 1.